The molecule has 0 aliphatic carbocycles. The summed E-state index contributed by atoms with van der Waals surface area (Å²) in [6.45, 7) is 8.20. The number of benzene rings is 1. The first kappa shape index (κ1) is 18.1. The van der Waals surface area contributed by atoms with Crippen molar-refractivity contribution < 1.29 is 9.53 Å². The third-order valence-electron chi connectivity index (χ3n) is 4.53. The van der Waals surface area contributed by atoms with Crippen LogP contribution in [0.2, 0.25) is 0 Å². The summed E-state index contributed by atoms with van der Waals surface area (Å²) in [6.07, 6.45) is 0. The molecule has 0 spiro atoms. The number of aryl methyl sites for hydroxylation is 1. The molecule has 2 aromatic rings. The summed E-state index contributed by atoms with van der Waals surface area (Å²) in [5, 5.41) is 3.22. The number of anilines is 2. The second-order valence-corrected chi connectivity index (χ2v) is 6.24. The van der Waals surface area contributed by atoms with Gasteiger partial charge in [0.15, 0.2) is 0 Å². The second-order valence-electron chi connectivity index (χ2n) is 6.24. The van der Waals surface area contributed by atoms with Crippen molar-refractivity contribution >= 4 is 17.4 Å². The lowest BCUT2D eigenvalue weighted by Crippen LogP contribution is -2.48. The minimum absolute atomic E-state index is 0.0469. The van der Waals surface area contributed by atoms with Crippen molar-refractivity contribution in [1.82, 2.24) is 19.8 Å². The summed E-state index contributed by atoms with van der Waals surface area (Å²) in [5.74, 6) is 1.81. The molecule has 1 fully saturated rings. The Morgan fingerprint density at radius 1 is 1.19 bits per heavy atom. The molecule has 26 heavy (non-hydrogen) atoms. The first-order chi connectivity index (χ1) is 12.6. The van der Waals surface area contributed by atoms with E-state index in [1.54, 1.807) is 20.1 Å². The van der Waals surface area contributed by atoms with E-state index < -0.39 is 0 Å². The zero-order chi connectivity index (χ0) is 18.5. The number of ether oxygens (including phenoxy) is 1. The minimum Gasteiger partial charge on any atom is -0.495 e. The molecular weight excluding hydrogens is 330 g/mol. The van der Waals surface area contributed by atoms with Gasteiger partial charge in [-0.05, 0) is 25.6 Å². The van der Waals surface area contributed by atoms with Gasteiger partial charge in [0, 0.05) is 32.2 Å². The van der Waals surface area contributed by atoms with E-state index in [1.807, 2.05) is 29.2 Å². The van der Waals surface area contributed by atoms with Crippen LogP contribution in [0, 0.1) is 6.92 Å². The molecule has 1 saturated heterocycles. The molecule has 0 unspecified atom stereocenters. The standard InChI is InChI=1S/C19H25N5O2/c1-4-23-9-11-24(12-10-23)19(25)16-13-18(21-14(2)20-16)22-15-7-5-6-8-17(15)26-3/h5-8,13H,4,9-12H2,1-3H3,(H,20,21,22). The Hall–Kier alpha value is -2.67. The fraction of sp³-hybridized carbons (Fsp3) is 0.421. The minimum atomic E-state index is -0.0469. The fourth-order valence-electron chi connectivity index (χ4n) is 3.06. The topological polar surface area (TPSA) is 70.6 Å². The van der Waals surface area contributed by atoms with E-state index in [0.717, 1.165) is 38.4 Å². The Balaban J connectivity index is 1.78. The van der Waals surface area contributed by atoms with Crippen LogP contribution in [0.25, 0.3) is 0 Å². The molecule has 0 atom stereocenters. The molecule has 1 amide bonds. The van der Waals surface area contributed by atoms with Crippen LogP contribution >= 0.6 is 0 Å². The lowest BCUT2D eigenvalue weighted by atomic mass is 10.2. The summed E-state index contributed by atoms with van der Waals surface area (Å²) >= 11 is 0. The number of carbonyl (C=O) groups excluding carboxylic acids is 1. The highest BCUT2D eigenvalue weighted by Crippen LogP contribution is 2.26. The van der Waals surface area contributed by atoms with Crippen LogP contribution in [-0.4, -0.2) is 65.5 Å². The third kappa shape index (κ3) is 4.11. The Bertz CT molecular complexity index is 772. The number of methoxy groups -OCH3 is 1. The van der Waals surface area contributed by atoms with Crippen molar-refractivity contribution in [2.45, 2.75) is 13.8 Å². The van der Waals surface area contributed by atoms with Gasteiger partial charge >= 0.3 is 0 Å². The summed E-state index contributed by atoms with van der Waals surface area (Å²) in [5.41, 5.74) is 1.21. The van der Waals surface area contributed by atoms with E-state index >= 15 is 0 Å². The maximum Gasteiger partial charge on any atom is 0.272 e. The molecule has 2 heterocycles. The molecule has 1 aromatic heterocycles. The van der Waals surface area contributed by atoms with Crippen LogP contribution in [0.15, 0.2) is 30.3 Å². The van der Waals surface area contributed by atoms with E-state index in [4.69, 9.17) is 4.74 Å². The number of nitrogens with zero attached hydrogens (tertiary/aromatic N) is 4. The number of hydrogen-bond acceptors (Lipinski definition) is 6. The van der Waals surface area contributed by atoms with Crippen molar-refractivity contribution in [1.29, 1.82) is 0 Å². The molecule has 138 valence electrons. The van der Waals surface area contributed by atoms with E-state index in [0.29, 0.717) is 23.1 Å². The van der Waals surface area contributed by atoms with Gasteiger partial charge in [-0.3, -0.25) is 4.79 Å². The monoisotopic (exact) mass is 355 g/mol. The van der Waals surface area contributed by atoms with Gasteiger partial charge in [0.25, 0.3) is 5.91 Å². The smallest absolute Gasteiger partial charge is 0.272 e. The predicted molar refractivity (Wildman–Crippen MR) is 101 cm³/mol. The van der Waals surface area contributed by atoms with Gasteiger partial charge < -0.3 is 19.9 Å². The van der Waals surface area contributed by atoms with Crippen molar-refractivity contribution in [2.75, 3.05) is 45.2 Å². The van der Waals surface area contributed by atoms with Crippen LogP contribution in [0.1, 0.15) is 23.2 Å². The Labute approximate surface area is 154 Å². The number of aromatic nitrogens is 2. The molecule has 0 bridgehead atoms. The summed E-state index contributed by atoms with van der Waals surface area (Å²) in [6, 6.07) is 9.30. The van der Waals surface area contributed by atoms with E-state index in [-0.39, 0.29) is 5.91 Å². The maximum absolute atomic E-state index is 12.8. The number of carbonyl (C=O) groups is 1. The van der Waals surface area contributed by atoms with Crippen LogP contribution in [0.4, 0.5) is 11.5 Å². The van der Waals surface area contributed by atoms with Crippen molar-refractivity contribution in [3.05, 3.63) is 41.9 Å². The van der Waals surface area contributed by atoms with Crippen LogP contribution in [0.3, 0.4) is 0 Å². The normalized spacial score (nSPS) is 15.0. The lowest BCUT2D eigenvalue weighted by Gasteiger charge is -2.33. The molecule has 1 aliphatic rings. The van der Waals surface area contributed by atoms with Gasteiger partial charge in [0.2, 0.25) is 0 Å². The zero-order valence-corrected chi connectivity index (χ0v) is 15.5. The first-order valence-corrected chi connectivity index (χ1v) is 8.88. The average molecular weight is 355 g/mol. The Morgan fingerprint density at radius 3 is 2.62 bits per heavy atom. The highest BCUT2D eigenvalue weighted by Gasteiger charge is 2.23. The maximum atomic E-state index is 12.8. The van der Waals surface area contributed by atoms with E-state index in [2.05, 4.69) is 27.1 Å². The van der Waals surface area contributed by atoms with E-state index in [9.17, 15) is 4.79 Å². The molecule has 1 aromatic carbocycles. The highest BCUT2D eigenvalue weighted by atomic mass is 16.5. The molecule has 3 rings (SSSR count). The fourth-order valence-corrected chi connectivity index (χ4v) is 3.06. The van der Waals surface area contributed by atoms with E-state index in [1.165, 1.54) is 0 Å². The van der Waals surface area contributed by atoms with Crippen molar-refractivity contribution in [2.24, 2.45) is 0 Å². The molecular formula is C19H25N5O2. The summed E-state index contributed by atoms with van der Waals surface area (Å²) in [7, 11) is 1.62. The number of piperazine rings is 1. The van der Waals surface area contributed by atoms with Gasteiger partial charge in [-0.1, -0.05) is 19.1 Å². The second kappa shape index (κ2) is 8.14. The van der Waals surface area contributed by atoms with Crippen molar-refractivity contribution in [3.8, 4) is 5.75 Å². The largest absolute Gasteiger partial charge is 0.495 e. The number of rotatable bonds is 5. The van der Waals surface area contributed by atoms with Gasteiger partial charge in [-0.2, -0.15) is 0 Å². The number of amides is 1. The van der Waals surface area contributed by atoms with Gasteiger partial charge in [0.1, 0.15) is 23.1 Å². The Kier molecular flexibility index (Phi) is 5.68. The van der Waals surface area contributed by atoms with Gasteiger partial charge in [0.05, 0.1) is 12.8 Å². The number of nitrogens with one attached hydrogen (secondary N) is 1. The van der Waals surface area contributed by atoms with Crippen LogP contribution in [-0.2, 0) is 0 Å². The zero-order valence-electron chi connectivity index (χ0n) is 15.5. The van der Waals surface area contributed by atoms with Crippen LogP contribution in [0.5, 0.6) is 5.75 Å². The number of hydrogen-bond donors (Lipinski definition) is 1. The van der Waals surface area contributed by atoms with Gasteiger partial charge in [-0.15, -0.1) is 0 Å². The molecule has 7 nitrogen and oxygen atoms in total. The lowest BCUT2D eigenvalue weighted by molar-refractivity contribution is 0.0637. The summed E-state index contributed by atoms with van der Waals surface area (Å²) in [4.78, 5) is 25.8. The first-order valence-electron chi connectivity index (χ1n) is 8.88. The average Bonchev–Trinajstić information content (AvgIpc) is 2.67. The highest BCUT2D eigenvalue weighted by molar-refractivity contribution is 5.93. The van der Waals surface area contributed by atoms with Crippen LogP contribution < -0.4 is 10.1 Å². The SMILES string of the molecule is CCN1CCN(C(=O)c2cc(Nc3ccccc3OC)nc(C)n2)CC1. The third-order valence-corrected chi connectivity index (χ3v) is 4.53. The molecule has 1 N–H and O–H groups in total. The molecule has 1 aliphatic heterocycles. The molecule has 0 radical (unpaired) electrons. The Morgan fingerprint density at radius 2 is 1.92 bits per heavy atom. The quantitative estimate of drug-likeness (QED) is 0.888. The van der Waals surface area contributed by atoms with Gasteiger partial charge in [-0.25, -0.2) is 9.97 Å². The molecule has 7 heteroatoms. The van der Waals surface area contributed by atoms with Crippen molar-refractivity contribution in [3.63, 3.8) is 0 Å². The number of likely N-dealkylation sites (N-methyl/N-ethyl adjacent to an activating group) is 1. The molecule has 0 saturated carbocycles. The predicted octanol–water partition coefficient (Wildman–Crippen LogP) is 2.31. The number of para-hydroxylation sites is 2. The summed E-state index contributed by atoms with van der Waals surface area (Å²) < 4.78 is 5.36.